The highest BCUT2D eigenvalue weighted by molar-refractivity contribution is 4.58. The molecule has 0 bridgehead atoms. The fraction of sp³-hybridized carbons (Fsp3) is 1.00. The number of hydrogen-bond donors (Lipinski definition) is 0. The summed E-state index contributed by atoms with van der Waals surface area (Å²) in [6.45, 7) is 8.89. The van der Waals surface area contributed by atoms with Crippen LogP contribution in [0.4, 0.5) is 0 Å². The average Bonchev–Trinajstić information content (AvgIpc) is 1.86. The highest BCUT2D eigenvalue weighted by Gasteiger charge is 2.27. The van der Waals surface area contributed by atoms with E-state index in [0.717, 1.165) is 5.92 Å². The predicted octanol–water partition coefficient (Wildman–Crippen LogP) is 2.91. The lowest BCUT2D eigenvalue weighted by Crippen LogP contribution is -2.50. The molecule has 1 rings (SSSR count). The van der Waals surface area contributed by atoms with Crippen LogP contribution >= 0.6 is 0 Å². The summed E-state index contributed by atoms with van der Waals surface area (Å²) in [6, 6.07) is 0. The lowest BCUT2D eigenvalue weighted by Gasteiger charge is -2.40. The molecular weight excluding hydrogens is 146 g/mol. The topological polar surface area (TPSA) is 0 Å². The quantitative estimate of drug-likeness (QED) is 0.562. The van der Waals surface area contributed by atoms with Crippen LogP contribution in [0.2, 0.25) is 0 Å². The molecule has 1 saturated heterocycles. The molecule has 0 N–H and O–H groups in total. The largest absolute Gasteiger partial charge is 0.326 e. The molecule has 0 amide bonds. The minimum absolute atomic E-state index is 0. The Bertz CT molecular complexity index is 118. The van der Waals surface area contributed by atoms with E-state index < -0.39 is 0 Å². The lowest BCUT2D eigenvalue weighted by molar-refractivity contribution is -0.917. The number of nitrogens with zero attached hydrogens (tertiary/aromatic N) is 1. The Hall–Kier alpha value is -0.0400. The van der Waals surface area contributed by atoms with E-state index in [1.807, 2.05) is 0 Å². The summed E-state index contributed by atoms with van der Waals surface area (Å²) >= 11 is 0. The van der Waals surface area contributed by atoms with Crippen LogP contribution in [0.1, 0.15) is 40.5 Å². The van der Waals surface area contributed by atoms with Gasteiger partial charge in [0.15, 0.2) is 0 Å². The molecule has 0 aromatic rings. The highest BCUT2D eigenvalue weighted by Crippen LogP contribution is 2.21. The summed E-state index contributed by atoms with van der Waals surface area (Å²) in [5.74, 6) is 0.959. The van der Waals surface area contributed by atoms with Gasteiger partial charge in [-0.05, 0) is 19.3 Å². The first-order valence-electron chi connectivity index (χ1n) is 5.00. The molecule has 1 aliphatic rings. The van der Waals surface area contributed by atoms with Gasteiger partial charge in [0, 0.05) is 5.92 Å². The van der Waals surface area contributed by atoms with Gasteiger partial charge < -0.3 is 4.48 Å². The van der Waals surface area contributed by atoms with Gasteiger partial charge in [0.1, 0.15) is 0 Å². The van der Waals surface area contributed by atoms with Crippen molar-refractivity contribution in [2.45, 2.75) is 40.5 Å². The first kappa shape index (κ1) is 12.0. The molecule has 0 aromatic carbocycles. The van der Waals surface area contributed by atoms with Gasteiger partial charge >= 0.3 is 0 Å². The number of rotatable bonds is 2. The number of hydrogen-bond acceptors (Lipinski definition) is 0. The maximum Gasteiger partial charge on any atom is 0.0810 e. The summed E-state index contributed by atoms with van der Waals surface area (Å²) in [5, 5.41) is 0. The van der Waals surface area contributed by atoms with Gasteiger partial charge in [0.25, 0.3) is 0 Å². The molecule has 1 heterocycles. The first-order valence-corrected chi connectivity index (χ1v) is 5.00. The standard InChI is InChI=1S/C10H22N.CH4/c1-4-7-11(3)8-5-6-10(2)9-11;/h10H,4-9H2,1-3H3;1H4/q+1;. The van der Waals surface area contributed by atoms with E-state index in [1.165, 1.54) is 43.4 Å². The van der Waals surface area contributed by atoms with Crippen LogP contribution in [0, 0.1) is 5.92 Å². The zero-order valence-electron chi connectivity index (χ0n) is 8.27. The molecule has 2 unspecified atom stereocenters. The Morgan fingerprint density at radius 2 is 2.08 bits per heavy atom. The second kappa shape index (κ2) is 4.86. The summed E-state index contributed by atoms with van der Waals surface area (Å²) in [5.41, 5.74) is 0. The van der Waals surface area contributed by atoms with E-state index in [2.05, 4.69) is 20.9 Å². The summed E-state index contributed by atoms with van der Waals surface area (Å²) in [7, 11) is 2.42. The van der Waals surface area contributed by atoms with E-state index in [-0.39, 0.29) is 7.43 Å². The van der Waals surface area contributed by atoms with Gasteiger partial charge in [-0.1, -0.05) is 21.3 Å². The number of quaternary nitrogens is 1. The van der Waals surface area contributed by atoms with Gasteiger partial charge in [0.05, 0.1) is 26.7 Å². The van der Waals surface area contributed by atoms with Crippen LogP contribution in [-0.2, 0) is 0 Å². The van der Waals surface area contributed by atoms with Crippen molar-refractivity contribution >= 4 is 0 Å². The van der Waals surface area contributed by atoms with Crippen LogP contribution in [0.5, 0.6) is 0 Å². The maximum absolute atomic E-state index is 2.42. The van der Waals surface area contributed by atoms with Crippen molar-refractivity contribution in [1.29, 1.82) is 0 Å². The zero-order valence-corrected chi connectivity index (χ0v) is 8.27. The zero-order chi connectivity index (χ0) is 8.32. The minimum atomic E-state index is 0. The third-order valence-corrected chi connectivity index (χ3v) is 2.91. The van der Waals surface area contributed by atoms with E-state index in [0.29, 0.717) is 0 Å². The van der Waals surface area contributed by atoms with Crippen molar-refractivity contribution in [2.24, 2.45) is 5.92 Å². The van der Waals surface area contributed by atoms with Crippen LogP contribution < -0.4 is 0 Å². The molecule has 0 radical (unpaired) electrons. The van der Waals surface area contributed by atoms with E-state index in [9.17, 15) is 0 Å². The van der Waals surface area contributed by atoms with Gasteiger partial charge in [-0.15, -0.1) is 0 Å². The minimum Gasteiger partial charge on any atom is -0.326 e. The Morgan fingerprint density at radius 1 is 1.42 bits per heavy atom. The van der Waals surface area contributed by atoms with Crippen molar-refractivity contribution in [2.75, 3.05) is 26.7 Å². The highest BCUT2D eigenvalue weighted by atomic mass is 15.3. The average molecular weight is 172 g/mol. The van der Waals surface area contributed by atoms with E-state index >= 15 is 0 Å². The maximum atomic E-state index is 2.42. The van der Waals surface area contributed by atoms with Crippen molar-refractivity contribution in [3.05, 3.63) is 0 Å². The normalized spacial score (nSPS) is 35.8. The molecule has 0 saturated carbocycles. The monoisotopic (exact) mass is 172 g/mol. The van der Waals surface area contributed by atoms with Gasteiger partial charge in [-0.25, -0.2) is 0 Å². The number of likely N-dealkylation sites (tertiary alicyclic amines) is 1. The van der Waals surface area contributed by atoms with Gasteiger partial charge in [-0.3, -0.25) is 0 Å². The number of piperidine rings is 1. The SMILES string of the molecule is C.CCC[N+]1(C)CCCC(C)C1. The molecule has 1 heteroatoms. The smallest absolute Gasteiger partial charge is 0.0810 e. The van der Waals surface area contributed by atoms with Crippen molar-refractivity contribution in [1.82, 2.24) is 0 Å². The summed E-state index contributed by atoms with van der Waals surface area (Å²) < 4.78 is 1.33. The summed E-state index contributed by atoms with van der Waals surface area (Å²) in [4.78, 5) is 0. The molecule has 0 aliphatic carbocycles. The predicted molar refractivity (Wildman–Crippen MR) is 56.2 cm³/mol. The molecule has 2 atom stereocenters. The lowest BCUT2D eigenvalue weighted by atomic mass is 9.98. The Morgan fingerprint density at radius 3 is 2.58 bits per heavy atom. The van der Waals surface area contributed by atoms with Crippen molar-refractivity contribution in [3.63, 3.8) is 0 Å². The second-order valence-electron chi connectivity index (χ2n) is 4.50. The first-order chi connectivity index (χ1) is 5.16. The molecule has 1 fully saturated rings. The molecule has 0 spiro atoms. The molecule has 74 valence electrons. The van der Waals surface area contributed by atoms with E-state index in [4.69, 9.17) is 0 Å². The molecule has 0 aromatic heterocycles. The Balaban J connectivity index is 0.00000121. The Labute approximate surface area is 78.4 Å². The van der Waals surface area contributed by atoms with Crippen molar-refractivity contribution < 1.29 is 4.48 Å². The van der Waals surface area contributed by atoms with Crippen LogP contribution in [-0.4, -0.2) is 31.2 Å². The summed E-state index contributed by atoms with van der Waals surface area (Å²) in [6.07, 6.45) is 4.23. The fourth-order valence-corrected chi connectivity index (χ4v) is 2.50. The van der Waals surface area contributed by atoms with Crippen LogP contribution in [0.15, 0.2) is 0 Å². The van der Waals surface area contributed by atoms with E-state index in [1.54, 1.807) is 0 Å². The van der Waals surface area contributed by atoms with Gasteiger partial charge in [0.2, 0.25) is 0 Å². The van der Waals surface area contributed by atoms with Crippen LogP contribution in [0.25, 0.3) is 0 Å². The third-order valence-electron chi connectivity index (χ3n) is 2.91. The molecule has 1 nitrogen and oxygen atoms in total. The third kappa shape index (κ3) is 3.14. The van der Waals surface area contributed by atoms with Crippen LogP contribution in [0.3, 0.4) is 0 Å². The molecule has 12 heavy (non-hydrogen) atoms. The fourth-order valence-electron chi connectivity index (χ4n) is 2.50. The van der Waals surface area contributed by atoms with Gasteiger partial charge in [-0.2, -0.15) is 0 Å². The second-order valence-corrected chi connectivity index (χ2v) is 4.50. The molecule has 1 aliphatic heterocycles. The van der Waals surface area contributed by atoms with Crippen molar-refractivity contribution in [3.8, 4) is 0 Å². The Kier molecular flexibility index (Phi) is 4.84. The molecular formula is C11H26N+.